The highest BCUT2D eigenvalue weighted by Gasteiger charge is 2.28. The molecule has 0 spiro atoms. The second kappa shape index (κ2) is 4.17. The summed E-state index contributed by atoms with van der Waals surface area (Å²) in [5.74, 6) is 3.33. The summed E-state index contributed by atoms with van der Waals surface area (Å²) >= 11 is 0. The van der Waals surface area contributed by atoms with Gasteiger partial charge in [-0.25, -0.2) is 0 Å². The van der Waals surface area contributed by atoms with Crippen LogP contribution in [0.2, 0.25) is 0 Å². The fourth-order valence-corrected chi connectivity index (χ4v) is 2.40. The molecule has 1 rings (SSSR count). The van der Waals surface area contributed by atoms with Gasteiger partial charge in [0.05, 0.1) is 5.76 Å². The van der Waals surface area contributed by atoms with E-state index in [1.165, 1.54) is 0 Å². The Kier molecular flexibility index (Phi) is 3.40. The van der Waals surface area contributed by atoms with Crippen molar-refractivity contribution in [1.82, 2.24) is 0 Å². The molecule has 0 amide bonds. The van der Waals surface area contributed by atoms with E-state index in [9.17, 15) is 5.11 Å². The number of allylic oxidation sites excluding steroid dienone is 2. The van der Waals surface area contributed by atoms with E-state index in [0.29, 0.717) is 17.6 Å². The van der Waals surface area contributed by atoms with E-state index in [4.69, 9.17) is 0 Å². The highest BCUT2D eigenvalue weighted by molar-refractivity contribution is 5.04. The normalized spacial score (nSPS) is 29.5. The maximum absolute atomic E-state index is 9.49. The van der Waals surface area contributed by atoms with Gasteiger partial charge in [-0.1, -0.05) is 27.7 Å². The highest BCUT2D eigenvalue weighted by atomic mass is 16.3. The van der Waals surface area contributed by atoms with E-state index in [2.05, 4.69) is 33.8 Å². The van der Waals surface area contributed by atoms with Gasteiger partial charge in [0.15, 0.2) is 0 Å². The number of rotatable bonds is 2. The molecule has 0 saturated heterocycles. The minimum absolute atomic E-state index is 0.578. The van der Waals surface area contributed by atoms with Gasteiger partial charge < -0.3 is 5.11 Å². The van der Waals surface area contributed by atoms with Crippen LogP contribution in [0, 0.1) is 23.7 Å². The highest BCUT2D eigenvalue weighted by Crippen LogP contribution is 2.37. The van der Waals surface area contributed by atoms with E-state index in [0.717, 1.165) is 24.7 Å². The maximum Gasteiger partial charge on any atom is 0.0885 e. The minimum atomic E-state index is 0.578. The summed E-state index contributed by atoms with van der Waals surface area (Å²) in [6.45, 7) is 9.07. The van der Waals surface area contributed by atoms with Crippen LogP contribution in [0.1, 0.15) is 40.5 Å². The van der Waals surface area contributed by atoms with Gasteiger partial charge in [-0.3, -0.25) is 0 Å². The average Bonchev–Trinajstić information content (AvgIpc) is 2.03. The van der Waals surface area contributed by atoms with Crippen LogP contribution in [0.15, 0.2) is 11.8 Å². The van der Waals surface area contributed by atoms with Crippen LogP contribution in [-0.2, 0) is 0 Å². The quantitative estimate of drug-likeness (QED) is 0.689. The Hall–Kier alpha value is -0.460. The Labute approximate surface area is 81.9 Å². The van der Waals surface area contributed by atoms with Gasteiger partial charge >= 0.3 is 0 Å². The molecule has 0 radical (unpaired) electrons. The molecule has 0 heterocycles. The molecule has 0 aliphatic heterocycles. The van der Waals surface area contributed by atoms with Crippen LogP contribution in [-0.4, -0.2) is 5.11 Å². The summed E-state index contributed by atoms with van der Waals surface area (Å²) in [6.07, 6.45) is 4.12. The van der Waals surface area contributed by atoms with Crippen LogP contribution >= 0.6 is 0 Å². The first-order valence-electron chi connectivity index (χ1n) is 5.42. The van der Waals surface area contributed by atoms with Crippen molar-refractivity contribution in [3.05, 3.63) is 11.8 Å². The minimum Gasteiger partial charge on any atom is -0.513 e. The lowest BCUT2D eigenvalue weighted by atomic mass is 9.72. The Bertz CT molecular complexity index is 191. The third kappa shape index (κ3) is 2.49. The SMILES string of the molecule is CC(C)C1C=C(O)CCC1C(C)C. The molecule has 1 nitrogen and oxygen atoms in total. The first kappa shape index (κ1) is 10.6. The van der Waals surface area contributed by atoms with E-state index in [-0.39, 0.29) is 0 Å². The van der Waals surface area contributed by atoms with Gasteiger partial charge in [-0.15, -0.1) is 0 Å². The van der Waals surface area contributed by atoms with Crippen molar-refractivity contribution in [2.45, 2.75) is 40.5 Å². The summed E-state index contributed by atoms with van der Waals surface area (Å²) in [4.78, 5) is 0. The predicted molar refractivity (Wildman–Crippen MR) is 56.6 cm³/mol. The lowest BCUT2D eigenvalue weighted by Gasteiger charge is -2.34. The topological polar surface area (TPSA) is 20.2 Å². The molecule has 0 saturated carbocycles. The summed E-state index contributed by atoms with van der Waals surface area (Å²) in [7, 11) is 0. The molecule has 1 heteroatoms. The first-order valence-corrected chi connectivity index (χ1v) is 5.42. The summed E-state index contributed by atoms with van der Waals surface area (Å²) in [5, 5.41) is 9.49. The fourth-order valence-electron chi connectivity index (χ4n) is 2.40. The van der Waals surface area contributed by atoms with Gasteiger partial charge in [0.2, 0.25) is 0 Å². The third-order valence-electron chi connectivity index (χ3n) is 3.24. The van der Waals surface area contributed by atoms with Crippen molar-refractivity contribution >= 4 is 0 Å². The number of aliphatic hydroxyl groups excluding tert-OH is 1. The largest absolute Gasteiger partial charge is 0.513 e. The van der Waals surface area contributed by atoms with Gasteiger partial charge in [0.1, 0.15) is 0 Å². The zero-order valence-corrected chi connectivity index (χ0v) is 9.25. The molecule has 0 fully saturated rings. The lowest BCUT2D eigenvalue weighted by molar-refractivity contribution is 0.192. The Morgan fingerprint density at radius 2 is 1.85 bits per heavy atom. The Balaban J connectivity index is 2.76. The zero-order valence-electron chi connectivity index (χ0n) is 9.25. The Morgan fingerprint density at radius 3 is 2.31 bits per heavy atom. The van der Waals surface area contributed by atoms with E-state index in [1.807, 2.05) is 0 Å². The van der Waals surface area contributed by atoms with Crippen LogP contribution in [0.25, 0.3) is 0 Å². The van der Waals surface area contributed by atoms with E-state index in [1.54, 1.807) is 0 Å². The molecule has 2 atom stereocenters. The van der Waals surface area contributed by atoms with Crippen LogP contribution in [0.4, 0.5) is 0 Å². The molecule has 1 N–H and O–H groups in total. The second-order valence-corrected chi connectivity index (χ2v) is 4.93. The molecule has 1 aliphatic carbocycles. The van der Waals surface area contributed by atoms with Crippen molar-refractivity contribution < 1.29 is 5.11 Å². The van der Waals surface area contributed by atoms with Crippen molar-refractivity contribution in [1.29, 1.82) is 0 Å². The number of aliphatic hydroxyl groups is 1. The van der Waals surface area contributed by atoms with E-state index < -0.39 is 0 Å². The lowest BCUT2D eigenvalue weighted by Crippen LogP contribution is -2.26. The number of hydrogen-bond donors (Lipinski definition) is 1. The van der Waals surface area contributed by atoms with Crippen LogP contribution in [0.5, 0.6) is 0 Å². The second-order valence-electron chi connectivity index (χ2n) is 4.93. The van der Waals surface area contributed by atoms with Gasteiger partial charge in [0, 0.05) is 6.42 Å². The first-order chi connectivity index (χ1) is 6.02. The van der Waals surface area contributed by atoms with Crippen molar-refractivity contribution in [3.63, 3.8) is 0 Å². The van der Waals surface area contributed by atoms with Crippen LogP contribution < -0.4 is 0 Å². The van der Waals surface area contributed by atoms with Crippen molar-refractivity contribution in [2.75, 3.05) is 0 Å². The smallest absolute Gasteiger partial charge is 0.0885 e. The molecular weight excluding hydrogens is 160 g/mol. The van der Waals surface area contributed by atoms with Gasteiger partial charge in [0.25, 0.3) is 0 Å². The molecule has 13 heavy (non-hydrogen) atoms. The maximum atomic E-state index is 9.49. The van der Waals surface area contributed by atoms with Crippen LogP contribution in [0.3, 0.4) is 0 Å². The molecular formula is C12H22O. The molecule has 0 aromatic heterocycles. The summed E-state index contributed by atoms with van der Waals surface area (Å²) in [6, 6.07) is 0. The third-order valence-corrected chi connectivity index (χ3v) is 3.24. The summed E-state index contributed by atoms with van der Waals surface area (Å²) in [5.41, 5.74) is 0. The monoisotopic (exact) mass is 182 g/mol. The molecule has 0 aromatic carbocycles. The van der Waals surface area contributed by atoms with Gasteiger partial charge in [-0.05, 0) is 36.2 Å². The van der Waals surface area contributed by atoms with E-state index >= 15 is 0 Å². The molecule has 1 aliphatic rings. The number of hydrogen-bond acceptors (Lipinski definition) is 1. The Morgan fingerprint density at radius 1 is 1.23 bits per heavy atom. The average molecular weight is 182 g/mol. The zero-order chi connectivity index (χ0) is 10.0. The molecule has 0 bridgehead atoms. The van der Waals surface area contributed by atoms with Crippen molar-refractivity contribution in [3.8, 4) is 0 Å². The van der Waals surface area contributed by atoms with Crippen molar-refractivity contribution in [2.24, 2.45) is 23.7 Å². The standard InChI is InChI=1S/C12H22O/c1-8(2)11-6-5-10(13)7-12(11)9(3)4/h7-9,11-13H,5-6H2,1-4H3. The molecule has 76 valence electrons. The molecule has 0 aromatic rings. The summed E-state index contributed by atoms with van der Waals surface area (Å²) < 4.78 is 0. The fraction of sp³-hybridized carbons (Fsp3) is 0.833. The molecule has 2 unspecified atom stereocenters. The van der Waals surface area contributed by atoms with Gasteiger partial charge in [-0.2, -0.15) is 0 Å². The predicted octanol–water partition coefficient (Wildman–Crippen LogP) is 3.77.